The van der Waals surface area contributed by atoms with Gasteiger partial charge in [-0.15, -0.1) is 0 Å². The van der Waals surface area contributed by atoms with Crippen molar-refractivity contribution < 1.29 is 24.5 Å². The van der Waals surface area contributed by atoms with E-state index in [1.54, 1.807) is 0 Å². The van der Waals surface area contributed by atoms with Gasteiger partial charge in [-0.2, -0.15) is 0 Å². The Labute approximate surface area is 313 Å². The van der Waals surface area contributed by atoms with Crippen LogP contribution in [0.4, 0.5) is 0 Å². The lowest BCUT2D eigenvalue weighted by Crippen LogP contribution is -2.49. The summed E-state index contributed by atoms with van der Waals surface area (Å²) in [7, 11) is 0. The predicted molar refractivity (Wildman–Crippen MR) is 198 cm³/mol. The van der Waals surface area contributed by atoms with Crippen LogP contribution in [-0.4, -0.2) is 50.6 Å². The number of nitrogens with zero attached hydrogens (tertiary/aromatic N) is 1. The van der Waals surface area contributed by atoms with E-state index in [1.165, 1.54) is 0 Å². The molecule has 0 spiro atoms. The molecule has 0 unspecified atom stereocenters. The van der Waals surface area contributed by atoms with E-state index in [-0.39, 0.29) is 31.3 Å². The number of ether oxygens (including phenoxy) is 2. The zero-order valence-electron chi connectivity index (χ0n) is 27.6. The Bertz CT molecular complexity index is 1740. The highest BCUT2D eigenvalue weighted by molar-refractivity contribution is 6.76. The topological polar surface area (TPSA) is 91.3 Å². The number of alkyl halides is 3. The van der Waals surface area contributed by atoms with Gasteiger partial charge in [-0.05, 0) is 58.4 Å². The molecule has 2 fully saturated rings. The first kappa shape index (κ1) is 37.1. The molecule has 7 nitrogen and oxygen atoms in total. The normalized spacial score (nSPS) is 22.6. The molecule has 2 heterocycles. The van der Waals surface area contributed by atoms with E-state index < -0.39 is 21.6 Å². The second-order valence-corrected chi connectivity index (χ2v) is 15.8. The minimum absolute atomic E-state index is 0.0253. The standard InChI is InChI=1S/C39H40Cl4N2O5/c1-25-34(23-45-20-18-38(48,19-21-45)31-14-16-32(40)17-15-31)49-36(50-35(25)28-8-6-26(24-46)7-9-28)29-12-10-27(11-13-29)33-5-3-2-4-30(33)22-44-37(47)39(41,42)43/h2-17,25,34-36,46,48H,18-24H2,1H3,(H,44,47)/t25-,34+,35+,36+/m1/s1. The minimum Gasteiger partial charge on any atom is -0.392 e. The van der Waals surface area contributed by atoms with Crippen LogP contribution in [0.3, 0.4) is 0 Å². The summed E-state index contributed by atoms with van der Waals surface area (Å²) in [6.45, 7) is 4.47. The van der Waals surface area contributed by atoms with Crippen LogP contribution in [0.5, 0.6) is 0 Å². The van der Waals surface area contributed by atoms with E-state index in [4.69, 9.17) is 55.9 Å². The first-order chi connectivity index (χ1) is 23.9. The number of nitrogens with one attached hydrogen (secondary N) is 1. The third-order valence-corrected chi connectivity index (χ3v) is 10.6. The second kappa shape index (κ2) is 15.9. The summed E-state index contributed by atoms with van der Waals surface area (Å²) in [5.41, 5.74) is 5.49. The van der Waals surface area contributed by atoms with Gasteiger partial charge in [0.1, 0.15) is 0 Å². The molecular weight excluding hydrogens is 718 g/mol. The smallest absolute Gasteiger partial charge is 0.272 e. The molecule has 1 amide bonds. The number of benzene rings is 4. The SMILES string of the molecule is C[C@@H]1[C@H](CN2CCC(O)(c3ccc(Cl)cc3)CC2)O[C@H](c2ccc(-c3ccccc3CNC(=O)C(Cl)(Cl)Cl)cc2)O[C@@H]1c1ccc(CO)cc1. The summed E-state index contributed by atoms with van der Waals surface area (Å²) in [5, 5.41) is 24.4. The van der Waals surface area contributed by atoms with Crippen molar-refractivity contribution in [3.05, 3.63) is 130 Å². The molecule has 6 rings (SSSR count). The fourth-order valence-corrected chi connectivity index (χ4v) is 7.11. The van der Waals surface area contributed by atoms with Gasteiger partial charge in [-0.1, -0.05) is 138 Å². The van der Waals surface area contributed by atoms with Gasteiger partial charge in [0.15, 0.2) is 6.29 Å². The molecule has 0 aliphatic carbocycles. The monoisotopic (exact) mass is 756 g/mol. The zero-order valence-corrected chi connectivity index (χ0v) is 30.6. The Hall–Kier alpha value is -2.69. The van der Waals surface area contributed by atoms with E-state index in [2.05, 4.69) is 17.1 Å². The number of halogens is 4. The number of amides is 1. The highest BCUT2D eigenvalue weighted by Crippen LogP contribution is 2.43. The highest BCUT2D eigenvalue weighted by Gasteiger charge is 2.41. The van der Waals surface area contributed by atoms with Crippen LogP contribution in [0.2, 0.25) is 5.02 Å². The number of carbonyl (C=O) groups excluding carboxylic acids is 1. The zero-order chi connectivity index (χ0) is 35.5. The van der Waals surface area contributed by atoms with Gasteiger partial charge in [0.05, 0.1) is 24.4 Å². The van der Waals surface area contributed by atoms with Crippen LogP contribution in [0, 0.1) is 5.92 Å². The molecule has 2 aliphatic rings. The van der Waals surface area contributed by atoms with Gasteiger partial charge in [-0.3, -0.25) is 4.79 Å². The molecule has 2 saturated heterocycles. The maximum Gasteiger partial charge on any atom is 0.272 e. The molecule has 4 aromatic carbocycles. The van der Waals surface area contributed by atoms with Crippen LogP contribution < -0.4 is 5.32 Å². The maximum absolute atomic E-state index is 12.2. The van der Waals surface area contributed by atoms with E-state index in [1.807, 2.05) is 97.1 Å². The number of rotatable bonds is 9. The van der Waals surface area contributed by atoms with Gasteiger partial charge < -0.3 is 29.9 Å². The van der Waals surface area contributed by atoms with E-state index in [0.29, 0.717) is 24.4 Å². The molecule has 4 aromatic rings. The van der Waals surface area contributed by atoms with Crippen LogP contribution in [0.1, 0.15) is 60.0 Å². The molecule has 264 valence electrons. The van der Waals surface area contributed by atoms with Crippen LogP contribution >= 0.6 is 46.4 Å². The number of aliphatic hydroxyl groups is 2. The molecular formula is C39H40Cl4N2O5. The van der Waals surface area contributed by atoms with E-state index in [9.17, 15) is 15.0 Å². The van der Waals surface area contributed by atoms with Crippen LogP contribution in [-0.2, 0) is 33.0 Å². The molecule has 0 bridgehead atoms. The van der Waals surface area contributed by atoms with Gasteiger partial charge in [0.25, 0.3) is 9.70 Å². The Morgan fingerprint density at radius 3 is 2.18 bits per heavy atom. The van der Waals surface area contributed by atoms with E-state index >= 15 is 0 Å². The van der Waals surface area contributed by atoms with Crippen molar-refractivity contribution >= 4 is 52.3 Å². The summed E-state index contributed by atoms with van der Waals surface area (Å²) in [4.78, 5) is 14.5. The number of piperidine rings is 1. The molecule has 3 N–H and O–H groups in total. The average molecular weight is 759 g/mol. The van der Waals surface area contributed by atoms with Gasteiger partial charge in [-0.25, -0.2) is 0 Å². The summed E-state index contributed by atoms with van der Waals surface area (Å²) < 4.78 is 11.4. The molecule has 11 heteroatoms. The first-order valence-corrected chi connectivity index (χ1v) is 18.2. The van der Waals surface area contributed by atoms with Crippen molar-refractivity contribution in [1.82, 2.24) is 10.2 Å². The molecule has 0 saturated carbocycles. The molecule has 2 aliphatic heterocycles. The van der Waals surface area contributed by atoms with Crippen molar-refractivity contribution in [3.63, 3.8) is 0 Å². The fourth-order valence-electron chi connectivity index (χ4n) is 6.79. The second-order valence-electron chi connectivity index (χ2n) is 13.1. The fraction of sp³-hybridized carbons (Fsp3) is 0.359. The molecule has 4 atom stereocenters. The molecule has 50 heavy (non-hydrogen) atoms. The van der Waals surface area contributed by atoms with Gasteiger partial charge >= 0.3 is 0 Å². The molecule has 0 aromatic heterocycles. The number of aliphatic hydroxyl groups excluding tert-OH is 1. The van der Waals surface area contributed by atoms with Gasteiger partial charge in [0.2, 0.25) is 0 Å². The summed E-state index contributed by atoms with van der Waals surface area (Å²) in [5.74, 6) is -0.664. The number of hydrogen-bond donors (Lipinski definition) is 3. The summed E-state index contributed by atoms with van der Waals surface area (Å²) in [6, 6.07) is 31.1. The third-order valence-electron chi connectivity index (χ3n) is 9.83. The van der Waals surface area contributed by atoms with Crippen molar-refractivity contribution in [2.75, 3.05) is 19.6 Å². The lowest BCUT2D eigenvalue weighted by atomic mass is 9.84. The lowest BCUT2D eigenvalue weighted by Gasteiger charge is -2.45. The Balaban J connectivity index is 1.20. The van der Waals surface area contributed by atoms with Gasteiger partial charge in [0, 0.05) is 42.7 Å². The first-order valence-electron chi connectivity index (χ1n) is 16.7. The Morgan fingerprint density at radius 1 is 0.900 bits per heavy atom. The maximum atomic E-state index is 12.2. The van der Waals surface area contributed by atoms with Crippen molar-refractivity contribution in [3.8, 4) is 11.1 Å². The van der Waals surface area contributed by atoms with Crippen molar-refractivity contribution in [2.45, 2.75) is 60.8 Å². The van der Waals surface area contributed by atoms with Crippen molar-refractivity contribution in [1.29, 1.82) is 0 Å². The number of carbonyl (C=O) groups is 1. The van der Waals surface area contributed by atoms with Crippen LogP contribution in [0.25, 0.3) is 11.1 Å². The summed E-state index contributed by atoms with van der Waals surface area (Å²) >= 11 is 23.3. The predicted octanol–water partition coefficient (Wildman–Crippen LogP) is 8.26. The quantitative estimate of drug-likeness (QED) is 0.149. The summed E-state index contributed by atoms with van der Waals surface area (Å²) in [6.07, 6.45) is 0.198. The van der Waals surface area contributed by atoms with Crippen molar-refractivity contribution in [2.24, 2.45) is 5.92 Å². The Morgan fingerprint density at radius 2 is 1.54 bits per heavy atom. The third kappa shape index (κ3) is 8.67. The number of likely N-dealkylation sites (tertiary alicyclic amines) is 1. The minimum atomic E-state index is -2.04. The largest absolute Gasteiger partial charge is 0.392 e. The molecule has 0 radical (unpaired) electrons. The average Bonchev–Trinajstić information content (AvgIpc) is 3.12. The van der Waals surface area contributed by atoms with Crippen LogP contribution in [0.15, 0.2) is 97.1 Å². The Kier molecular flexibility index (Phi) is 11.8. The highest BCUT2D eigenvalue weighted by atomic mass is 35.6. The number of hydrogen-bond acceptors (Lipinski definition) is 6. The van der Waals surface area contributed by atoms with E-state index in [0.717, 1.165) is 52.0 Å². The lowest BCUT2D eigenvalue weighted by molar-refractivity contribution is -0.277.